The fourth-order valence-electron chi connectivity index (χ4n) is 3.00. The molecule has 1 atom stereocenters. The van der Waals surface area contributed by atoms with Crippen LogP contribution in [0.5, 0.6) is 0 Å². The van der Waals surface area contributed by atoms with Crippen LogP contribution in [0.15, 0.2) is 24.3 Å². The lowest BCUT2D eigenvalue weighted by Gasteiger charge is -2.20. The second-order valence-corrected chi connectivity index (χ2v) is 5.90. The number of rotatable bonds is 7. The summed E-state index contributed by atoms with van der Waals surface area (Å²) < 4.78 is 0. The molecule has 4 heteroatoms. The predicted octanol–water partition coefficient (Wildman–Crippen LogP) is 2.93. The van der Waals surface area contributed by atoms with E-state index in [0.717, 1.165) is 35.0 Å². The molecule has 3 N–H and O–H groups in total. The molecule has 0 saturated heterocycles. The fraction of sp³-hybridized carbons (Fsp3) is 0.500. The maximum Gasteiger partial charge on any atom is 0.224 e. The Morgan fingerprint density at radius 3 is 2.64 bits per heavy atom. The molecule has 4 nitrogen and oxygen atoms in total. The predicted molar refractivity (Wildman–Crippen MR) is 89.8 cm³/mol. The van der Waals surface area contributed by atoms with Crippen molar-refractivity contribution in [1.82, 2.24) is 10.3 Å². The largest absolute Gasteiger partial charge is 0.391 e. The summed E-state index contributed by atoms with van der Waals surface area (Å²) in [5.41, 5.74) is 3.11. The van der Waals surface area contributed by atoms with Crippen LogP contribution in [0.3, 0.4) is 0 Å². The number of aromatic nitrogens is 1. The summed E-state index contributed by atoms with van der Waals surface area (Å²) in [5.74, 6) is 0.202. The van der Waals surface area contributed by atoms with Crippen LogP contribution in [0.4, 0.5) is 0 Å². The zero-order chi connectivity index (χ0) is 16.1. The number of hydrogen-bond donors (Lipinski definition) is 3. The van der Waals surface area contributed by atoms with Crippen LogP contribution in [0, 0.1) is 12.8 Å². The lowest BCUT2D eigenvalue weighted by molar-refractivity contribution is -0.121. The third kappa shape index (κ3) is 3.69. The Bertz CT molecular complexity index is 629. The average molecular weight is 302 g/mol. The first kappa shape index (κ1) is 16.6. The highest BCUT2D eigenvalue weighted by molar-refractivity contribution is 5.90. The number of fused-ring (bicyclic) bond motifs is 1. The van der Waals surface area contributed by atoms with Crippen molar-refractivity contribution in [2.75, 3.05) is 6.54 Å². The van der Waals surface area contributed by atoms with E-state index >= 15 is 0 Å². The molecule has 0 spiro atoms. The van der Waals surface area contributed by atoms with Crippen molar-refractivity contribution >= 4 is 16.8 Å². The van der Waals surface area contributed by atoms with Crippen molar-refractivity contribution in [1.29, 1.82) is 0 Å². The number of amides is 1. The van der Waals surface area contributed by atoms with E-state index in [1.54, 1.807) is 0 Å². The Hall–Kier alpha value is -1.81. The van der Waals surface area contributed by atoms with Crippen LogP contribution < -0.4 is 5.32 Å². The monoisotopic (exact) mass is 302 g/mol. The van der Waals surface area contributed by atoms with E-state index in [4.69, 9.17) is 0 Å². The molecular formula is C18H26N2O2. The summed E-state index contributed by atoms with van der Waals surface area (Å²) >= 11 is 0. The van der Waals surface area contributed by atoms with Gasteiger partial charge in [0.15, 0.2) is 0 Å². The molecule has 1 amide bonds. The van der Waals surface area contributed by atoms with Crippen molar-refractivity contribution in [2.45, 2.75) is 46.1 Å². The molecule has 1 heterocycles. The van der Waals surface area contributed by atoms with Gasteiger partial charge in [-0.15, -0.1) is 0 Å². The van der Waals surface area contributed by atoms with Crippen LogP contribution in [-0.4, -0.2) is 28.6 Å². The Kier molecular flexibility index (Phi) is 5.61. The molecule has 1 aromatic heterocycles. The molecule has 0 aliphatic rings. The standard InChI is InChI=1S/C18H26N2O2/c1-4-13(5-2)17(21)11-19-18(22)10-15-12(3)20-16-9-7-6-8-14(15)16/h6-9,13,17,20-21H,4-5,10-11H2,1-3H3,(H,19,22). The van der Waals surface area contributed by atoms with Crippen LogP contribution in [0.1, 0.15) is 37.9 Å². The minimum Gasteiger partial charge on any atom is -0.391 e. The van der Waals surface area contributed by atoms with Crippen molar-refractivity contribution < 1.29 is 9.90 Å². The summed E-state index contributed by atoms with van der Waals surface area (Å²) in [7, 11) is 0. The summed E-state index contributed by atoms with van der Waals surface area (Å²) in [6, 6.07) is 8.00. The number of carbonyl (C=O) groups excluding carboxylic acids is 1. The molecule has 2 aromatic rings. The third-order valence-electron chi connectivity index (χ3n) is 4.47. The lowest BCUT2D eigenvalue weighted by Crippen LogP contribution is -2.36. The van der Waals surface area contributed by atoms with Crippen LogP contribution in [0.2, 0.25) is 0 Å². The lowest BCUT2D eigenvalue weighted by atomic mass is 9.96. The number of nitrogens with one attached hydrogen (secondary N) is 2. The van der Waals surface area contributed by atoms with Crippen LogP contribution in [-0.2, 0) is 11.2 Å². The molecule has 120 valence electrons. The number of aromatic amines is 1. The number of para-hydroxylation sites is 1. The minimum atomic E-state index is -0.469. The Balaban J connectivity index is 1.98. The first-order valence-corrected chi connectivity index (χ1v) is 8.07. The van der Waals surface area contributed by atoms with E-state index in [1.165, 1.54) is 0 Å². The normalized spacial score (nSPS) is 12.8. The number of benzene rings is 1. The van der Waals surface area contributed by atoms with Crippen molar-refractivity contribution in [2.24, 2.45) is 5.92 Å². The zero-order valence-corrected chi connectivity index (χ0v) is 13.6. The molecule has 0 saturated carbocycles. The average Bonchev–Trinajstić information content (AvgIpc) is 2.82. The summed E-state index contributed by atoms with van der Waals surface area (Å²) in [6.07, 6.45) is 1.72. The summed E-state index contributed by atoms with van der Waals surface area (Å²) in [5, 5.41) is 14.0. The smallest absolute Gasteiger partial charge is 0.224 e. The highest BCUT2D eigenvalue weighted by Crippen LogP contribution is 2.22. The van der Waals surface area contributed by atoms with Crippen LogP contribution in [0.25, 0.3) is 10.9 Å². The number of aryl methyl sites for hydroxylation is 1. The van der Waals surface area contributed by atoms with Gasteiger partial charge in [-0.05, 0) is 24.5 Å². The van der Waals surface area contributed by atoms with Crippen LogP contribution >= 0.6 is 0 Å². The highest BCUT2D eigenvalue weighted by Gasteiger charge is 2.17. The van der Waals surface area contributed by atoms with E-state index in [0.29, 0.717) is 13.0 Å². The van der Waals surface area contributed by atoms with Crippen molar-refractivity contribution in [3.63, 3.8) is 0 Å². The second kappa shape index (κ2) is 7.45. The van der Waals surface area contributed by atoms with Crippen molar-refractivity contribution in [3.8, 4) is 0 Å². The molecule has 22 heavy (non-hydrogen) atoms. The van der Waals surface area contributed by atoms with Gasteiger partial charge in [0.25, 0.3) is 0 Å². The molecular weight excluding hydrogens is 276 g/mol. The zero-order valence-electron chi connectivity index (χ0n) is 13.6. The fourth-order valence-corrected chi connectivity index (χ4v) is 3.00. The SMILES string of the molecule is CCC(CC)C(O)CNC(=O)Cc1c(C)[nH]c2ccccc12. The maximum atomic E-state index is 12.2. The molecule has 0 radical (unpaired) electrons. The van der Waals surface area contributed by atoms with Gasteiger partial charge in [-0.3, -0.25) is 4.79 Å². The second-order valence-electron chi connectivity index (χ2n) is 5.90. The molecule has 1 aromatic carbocycles. The molecule has 1 unspecified atom stereocenters. The van der Waals surface area contributed by atoms with E-state index in [2.05, 4.69) is 24.1 Å². The van der Waals surface area contributed by atoms with E-state index in [1.807, 2.05) is 31.2 Å². The van der Waals surface area contributed by atoms with Gasteiger partial charge >= 0.3 is 0 Å². The quantitative estimate of drug-likeness (QED) is 0.736. The van der Waals surface area contributed by atoms with Gasteiger partial charge in [0.2, 0.25) is 5.91 Å². The molecule has 0 fully saturated rings. The third-order valence-corrected chi connectivity index (χ3v) is 4.47. The first-order chi connectivity index (χ1) is 10.6. The minimum absolute atomic E-state index is 0.0436. The molecule has 2 rings (SSSR count). The van der Waals surface area contributed by atoms with E-state index in [9.17, 15) is 9.90 Å². The number of aliphatic hydroxyl groups excluding tert-OH is 1. The number of hydrogen-bond acceptors (Lipinski definition) is 2. The van der Waals surface area contributed by atoms with E-state index in [-0.39, 0.29) is 11.8 Å². The van der Waals surface area contributed by atoms with Gasteiger partial charge < -0.3 is 15.4 Å². The van der Waals surface area contributed by atoms with Gasteiger partial charge in [0.05, 0.1) is 12.5 Å². The summed E-state index contributed by atoms with van der Waals surface area (Å²) in [6.45, 7) is 6.44. The number of carbonyl (C=O) groups is 1. The van der Waals surface area contributed by atoms with E-state index < -0.39 is 6.10 Å². The topological polar surface area (TPSA) is 65.1 Å². The molecule has 0 aliphatic heterocycles. The molecule has 0 aliphatic carbocycles. The maximum absolute atomic E-state index is 12.2. The van der Waals surface area contributed by atoms with Gasteiger partial charge in [-0.25, -0.2) is 0 Å². The molecule has 0 bridgehead atoms. The van der Waals surface area contributed by atoms with Crippen molar-refractivity contribution in [3.05, 3.63) is 35.5 Å². The van der Waals surface area contributed by atoms with Gasteiger partial charge in [0, 0.05) is 23.1 Å². The highest BCUT2D eigenvalue weighted by atomic mass is 16.3. The summed E-state index contributed by atoms with van der Waals surface area (Å²) in [4.78, 5) is 15.5. The Labute approximate surface area is 131 Å². The number of aliphatic hydroxyl groups is 1. The Morgan fingerprint density at radius 1 is 1.27 bits per heavy atom. The number of H-pyrrole nitrogens is 1. The Morgan fingerprint density at radius 2 is 1.95 bits per heavy atom. The van der Waals surface area contributed by atoms with Gasteiger partial charge in [-0.2, -0.15) is 0 Å². The van der Waals surface area contributed by atoms with Gasteiger partial charge in [-0.1, -0.05) is 44.9 Å². The van der Waals surface area contributed by atoms with Gasteiger partial charge in [0.1, 0.15) is 0 Å². The first-order valence-electron chi connectivity index (χ1n) is 8.07.